The maximum Gasteiger partial charge on any atom is 0.0163 e. The molecule has 1 N–H and O–H groups in total. The third kappa shape index (κ3) is 5.95. The van der Waals surface area contributed by atoms with Crippen LogP contribution in [-0.4, -0.2) is 37.1 Å². The topological polar surface area (TPSA) is 15.3 Å². The Morgan fingerprint density at radius 2 is 2.13 bits per heavy atom. The van der Waals surface area contributed by atoms with Gasteiger partial charge in [-0.2, -0.15) is 0 Å². The lowest BCUT2D eigenvalue weighted by Crippen LogP contribution is -2.28. The normalized spacial score (nSPS) is 15.9. The van der Waals surface area contributed by atoms with E-state index in [9.17, 15) is 0 Å². The van der Waals surface area contributed by atoms with Crippen LogP contribution >= 0.6 is 0 Å². The van der Waals surface area contributed by atoms with Crippen molar-refractivity contribution in [2.24, 2.45) is 0 Å². The molecule has 0 unspecified atom stereocenters. The third-order valence-corrected chi connectivity index (χ3v) is 2.90. The van der Waals surface area contributed by atoms with Crippen molar-refractivity contribution >= 4 is 0 Å². The van der Waals surface area contributed by atoms with E-state index in [1.165, 1.54) is 51.7 Å². The smallest absolute Gasteiger partial charge is 0.0163 e. The Morgan fingerprint density at radius 1 is 1.33 bits per heavy atom. The zero-order valence-electron chi connectivity index (χ0n) is 10.2. The standard InChI is InChI=1S/C13H26N2/c1-3-9-14-10-5-6-12-15(11-4-2)13-7-8-13/h4,13-14H,2-3,5-12H2,1H3. The molecule has 0 aromatic carbocycles. The summed E-state index contributed by atoms with van der Waals surface area (Å²) < 4.78 is 0. The van der Waals surface area contributed by atoms with Crippen molar-refractivity contribution in [3.05, 3.63) is 12.7 Å². The Hall–Kier alpha value is -0.340. The van der Waals surface area contributed by atoms with E-state index >= 15 is 0 Å². The number of nitrogens with one attached hydrogen (secondary N) is 1. The highest BCUT2D eigenvalue weighted by Crippen LogP contribution is 2.26. The molecule has 1 fully saturated rings. The van der Waals surface area contributed by atoms with E-state index < -0.39 is 0 Å². The Kier molecular flexibility index (Phi) is 6.69. The van der Waals surface area contributed by atoms with E-state index in [-0.39, 0.29) is 0 Å². The van der Waals surface area contributed by atoms with Gasteiger partial charge in [-0.25, -0.2) is 0 Å². The number of nitrogens with zero attached hydrogens (tertiary/aromatic N) is 1. The summed E-state index contributed by atoms with van der Waals surface area (Å²) in [7, 11) is 0. The Labute approximate surface area is 94.7 Å². The van der Waals surface area contributed by atoms with E-state index in [0.29, 0.717) is 0 Å². The second-order valence-electron chi connectivity index (χ2n) is 4.47. The quantitative estimate of drug-likeness (QED) is 0.440. The molecular weight excluding hydrogens is 184 g/mol. The second-order valence-corrected chi connectivity index (χ2v) is 4.47. The summed E-state index contributed by atoms with van der Waals surface area (Å²) in [5.74, 6) is 0. The summed E-state index contributed by atoms with van der Waals surface area (Å²) in [6, 6.07) is 0.881. The molecule has 1 aliphatic carbocycles. The van der Waals surface area contributed by atoms with Crippen LogP contribution in [0.1, 0.15) is 39.0 Å². The first-order valence-corrected chi connectivity index (χ1v) is 6.44. The van der Waals surface area contributed by atoms with Crippen molar-refractivity contribution in [1.82, 2.24) is 10.2 Å². The third-order valence-electron chi connectivity index (χ3n) is 2.90. The average Bonchev–Trinajstić information content (AvgIpc) is 3.05. The molecule has 1 aliphatic rings. The largest absolute Gasteiger partial charge is 0.317 e. The number of unbranched alkanes of at least 4 members (excludes halogenated alkanes) is 1. The highest BCUT2D eigenvalue weighted by molar-refractivity contribution is 4.87. The van der Waals surface area contributed by atoms with Gasteiger partial charge in [-0.1, -0.05) is 13.0 Å². The Morgan fingerprint density at radius 3 is 2.73 bits per heavy atom. The maximum atomic E-state index is 3.83. The van der Waals surface area contributed by atoms with Crippen LogP contribution < -0.4 is 5.32 Å². The van der Waals surface area contributed by atoms with Crippen LogP contribution in [0.3, 0.4) is 0 Å². The van der Waals surface area contributed by atoms with E-state index in [1.54, 1.807) is 0 Å². The van der Waals surface area contributed by atoms with E-state index in [4.69, 9.17) is 0 Å². The predicted molar refractivity (Wildman–Crippen MR) is 67.2 cm³/mol. The minimum Gasteiger partial charge on any atom is -0.317 e. The molecular formula is C13H26N2. The van der Waals surface area contributed by atoms with Gasteiger partial charge in [0, 0.05) is 12.6 Å². The minimum atomic E-state index is 0.881. The van der Waals surface area contributed by atoms with Gasteiger partial charge in [0.1, 0.15) is 0 Å². The maximum absolute atomic E-state index is 3.83. The SMILES string of the molecule is C=CCN(CCCCNCCC)C1CC1. The molecule has 0 amide bonds. The van der Waals surface area contributed by atoms with Gasteiger partial charge in [0.15, 0.2) is 0 Å². The minimum absolute atomic E-state index is 0.881. The predicted octanol–water partition coefficient (Wildman–Crippen LogP) is 2.42. The van der Waals surface area contributed by atoms with Crippen LogP contribution in [-0.2, 0) is 0 Å². The van der Waals surface area contributed by atoms with Gasteiger partial charge in [0.05, 0.1) is 0 Å². The molecule has 0 heterocycles. The molecule has 0 aliphatic heterocycles. The first-order chi connectivity index (χ1) is 7.38. The molecule has 2 nitrogen and oxygen atoms in total. The van der Waals surface area contributed by atoms with Crippen molar-refractivity contribution in [2.75, 3.05) is 26.2 Å². The first kappa shape index (κ1) is 12.7. The van der Waals surface area contributed by atoms with Gasteiger partial charge in [0.25, 0.3) is 0 Å². The number of rotatable bonds is 10. The fraction of sp³-hybridized carbons (Fsp3) is 0.846. The molecule has 15 heavy (non-hydrogen) atoms. The van der Waals surface area contributed by atoms with Gasteiger partial charge < -0.3 is 5.32 Å². The lowest BCUT2D eigenvalue weighted by atomic mass is 10.2. The molecule has 88 valence electrons. The lowest BCUT2D eigenvalue weighted by molar-refractivity contribution is 0.285. The van der Waals surface area contributed by atoms with Crippen molar-refractivity contribution < 1.29 is 0 Å². The zero-order chi connectivity index (χ0) is 10.9. The summed E-state index contributed by atoms with van der Waals surface area (Å²) in [6.07, 6.45) is 8.71. The molecule has 0 atom stereocenters. The molecule has 0 spiro atoms. The van der Waals surface area contributed by atoms with Crippen LogP contribution in [0.2, 0.25) is 0 Å². The Balaban J connectivity index is 1.94. The molecule has 1 rings (SSSR count). The van der Waals surface area contributed by atoms with Crippen LogP contribution in [0.4, 0.5) is 0 Å². The summed E-state index contributed by atoms with van der Waals surface area (Å²) in [4.78, 5) is 2.58. The highest BCUT2D eigenvalue weighted by atomic mass is 15.2. The molecule has 2 heteroatoms. The summed E-state index contributed by atoms with van der Waals surface area (Å²) in [5.41, 5.74) is 0. The van der Waals surface area contributed by atoms with Crippen LogP contribution in [0.5, 0.6) is 0 Å². The second kappa shape index (κ2) is 7.89. The van der Waals surface area contributed by atoms with Gasteiger partial charge >= 0.3 is 0 Å². The van der Waals surface area contributed by atoms with Crippen LogP contribution in [0.25, 0.3) is 0 Å². The highest BCUT2D eigenvalue weighted by Gasteiger charge is 2.27. The number of hydrogen-bond acceptors (Lipinski definition) is 2. The zero-order valence-corrected chi connectivity index (χ0v) is 10.2. The fourth-order valence-corrected chi connectivity index (χ4v) is 1.90. The van der Waals surface area contributed by atoms with Crippen molar-refractivity contribution in [3.8, 4) is 0 Å². The first-order valence-electron chi connectivity index (χ1n) is 6.44. The van der Waals surface area contributed by atoms with Crippen LogP contribution in [0, 0.1) is 0 Å². The molecule has 0 radical (unpaired) electrons. The average molecular weight is 210 g/mol. The van der Waals surface area contributed by atoms with Crippen molar-refractivity contribution in [2.45, 2.75) is 45.1 Å². The van der Waals surface area contributed by atoms with Crippen molar-refractivity contribution in [1.29, 1.82) is 0 Å². The van der Waals surface area contributed by atoms with Gasteiger partial charge in [-0.05, 0) is 51.7 Å². The molecule has 0 aromatic rings. The number of hydrogen-bond donors (Lipinski definition) is 1. The van der Waals surface area contributed by atoms with Gasteiger partial charge in [0.2, 0.25) is 0 Å². The van der Waals surface area contributed by atoms with E-state index in [1.807, 2.05) is 6.08 Å². The van der Waals surface area contributed by atoms with E-state index in [2.05, 4.69) is 23.7 Å². The van der Waals surface area contributed by atoms with Gasteiger partial charge in [-0.15, -0.1) is 6.58 Å². The van der Waals surface area contributed by atoms with Crippen LogP contribution in [0.15, 0.2) is 12.7 Å². The fourth-order valence-electron chi connectivity index (χ4n) is 1.90. The lowest BCUT2D eigenvalue weighted by Gasteiger charge is -2.19. The monoisotopic (exact) mass is 210 g/mol. The summed E-state index contributed by atoms with van der Waals surface area (Å²) in [6.45, 7) is 10.7. The van der Waals surface area contributed by atoms with Crippen molar-refractivity contribution in [3.63, 3.8) is 0 Å². The molecule has 1 saturated carbocycles. The van der Waals surface area contributed by atoms with Gasteiger partial charge in [-0.3, -0.25) is 4.90 Å². The summed E-state index contributed by atoms with van der Waals surface area (Å²) >= 11 is 0. The molecule has 0 saturated heterocycles. The molecule has 0 bridgehead atoms. The molecule has 0 aromatic heterocycles. The Bertz CT molecular complexity index is 164. The summed E-state index contributed by atoms with van der Waals surface area (Å²) in [5, 5.41) is 3.45. The van der Waals surface area contributed by atoms with E-state index in [0.717, 1.165) is 12.6 Å².